The summed E-state index contributed by atoms with van der Waals surface area (Å²) in [7, 11) is 0. The molecule has 1 aromatic heterocycles. The molecule has 0 saturated carbocycles. The number of aromatic hydroxyl groups is 1. The molecule has 0 radical (unpaired) electrons. The number of fused-ring (bicyclic) bond motifs is 2. The van der Waals surface area contributed by atoms with E-state index in [1.165, 1.54) is 55.8 Å². The quantitative estimate of drug-likeness (QED) is 0.319. The van der Waals surface area contributed by atoms with E-state index in [-0.39, 0.29) is 0 Å². The molecule has 0 aliphatic rings. The van der Waals surface area contributed by atoms with E-state index >= 15 is 0 Å². The van der Waals surface area contributed by atoms with Crippen LogP contribution in [0.1, 0.15) is 51.9 Å². The van der Waals surface area contributed by atoms with Gasteiger partial charge in [-0.15, -0.1) is 0 Å². The number of phenolic OH excluding ortho intramolecular Hbond substituents is 1. The van der Waals surface area contributed by atoms with Crippen molar-refractivity contribution in [3.05, 3.63) is 48.5 Å². The van der Waals surface area contributed by atoms with Gasteiger partial charge in [0.2, 0.25) is 11.0 Å². The SMILES string of the molecule is CCCCCCCCC[n+]1c2ccccc2cc2c(O)cccc21. The molecule has 1 N–H and O–H groups in total. The Bertz CT molecular complexity index is 810. The molecule has 0 saturated heterocycles. The summed E-state index contributed by atoms with van der Waals surface area (Å²) in [6.45, 7) is 3.27. The van der Waals surface area contributed by atoms with E-state index < -0.39 is 0 Å². The molecule has 0 aliphatic heterocycles. The molecule has 0 atom stereocenters. The van der Waals surface area contributed by atoms with Crippen molar-refractivity contribution < 1.29 is 9.67 Å². The Balaban J connectivity index is 1.81. The minimum absolute atomic E-state index is 0.367. The van der Waals surface area contributed by atoms with E-state index in [4.69, 9.17) is 0 Å². The predicted octanol–water partition coefficient (Wildman–Crippen LogP) is 5.74. The summed E-state index contributed by atoms with van der Waals surface area (Å²) in [4.78, 5) is 0. The highest BCUT2D eigenvalue weighted by atomic mass is 16.3. The zero-order chi connectivity index (χ0) is 16.8. The monoisotopic (exact) mass is 322 g/mol. The number of benzene rings is 2. The third kappa shape index (κ3) is 3.69. The smallest absolute Gasteiger partial charge is 0.216 e. The van der Waals surface area contributed by atoms with Crippen LogP contribution in [0.2, 0.25) is 0 Å². The highest BCUT2D eigenvalue weighted by Gasteiger charge is 2.16. The lowest BCUT2D eigenvalue weighted by Gasteiger charge is -2.07. The normalized spacial score (nSPS) is 11.4. The maximum absolute atomic E-state index is 10.2. The lowest BCUT2D eigenvalue weighted by molar-refractivity contribution is -0.645. The predicted molar refractivity (Wildman–Crippen MR) is 101 cm³/mol. The number of hydrogen-bond donors (Lipinski definition) is 1. The first-order valence-electron chi connectivity index (χ1n) is 9.34. The van der Waals surface area contributed by atoms with Gasteiger partial charge in [0.05, 0.1) is 5.39 Å². The van der Waals surface area contributed by atoms with Gasteiger partial charge < -0.3 is 5.11 Å². The van der Waals surface area contributed by atoms with E-state index in [9.17, 15) is 5.11 Å². The average Bonchev–Trinajstić information content (AvgIpc) is 2.61. The van der Waals surface area contributed by atoms with E-state index in [1.54, 1.807) is 6.07 Å². The van der Waals surface area contributed by atoms with Crippen LogP contribution in [0.15, 0.2) is 48.5 Å². The second-order valence-electron chi connectivity index (χ2n) is 6.69. The highest BCUT2D eigenvalue weighted by molar-refractivity contribution is 5.91. The van der Waals surface area contributed by atoms with E-state index in [1.807, 2.05) is 6.07 Å². The van der Waals surface area contributed by atoms with Gasteiger partial charge in [0.15, 0.2) is 0 Å². The van der Waals surface area contributed by atoms with Crippen LogP contribution < -0.4 is 4.57 Å². The Morgan fingerprint density at radius 3 is 2.33 bits per heavy atom. The van der Waals surface area contributed by atoms with Crippen LogP contribution in [0.25, 0.3) is 21.8 Å². The van der Waals surface area contributed by atoms with Crippen molar-refractivity contribution in [2.45, 2.75) is 58.4 Å². The van der Waals surface area contributed by atoms with Crippen LogP contribution in [0.4, 0.5) is 0 Å². The molecule has 126 valence electrons. The fraction of sp³-hybridized carbons (Fsp3) is 0.409. The molecule has 3 aromatic rings. The molecule has 2 nitrogen and oxygen atoms in total. The lowest BCUT2D eigenvalue weighted by atomic mass is 10.1. The second kappa shape index (κ2) is 8.14. The van der Waals surface area contributed by atoms with Gasteiger partial charge >= 0.3 is 0 Å². The number of unbranched alkanes of at least 4 members (excludes halogenated alkanes) is 6. The van der Waals surface area contributed by atoms with Gasteiger partial charge in [0.1, 0.15) is 12.3 Å². The number of hydrogen-bond acceptors (Lipinski definition) is 1. The third-order valence-electron chi connectivity index (χ3n) is 4.86. The highest BCUT2D eigenvalue weighted by Crippen LogP contribution is 2.25. The molecular formula is C22H28NO+. The Morgan fingerprint density at radius 2 is 1.50 bits per heavy atom. The summed E-state index contributed by atoms with van der Waals surface area (Å²) in [5.41, 5.74) is 2.38. The summed E-state index contributed by atoms with van der Waals surface area (Å²) < 4.78 is 2.37. The van der Waals surface area contributed by atoms with Crippen molar-refractivity contribution in [2.24, 2.45) is 0 Å². The molecule has 24 heavy (non-hydrogen) atoms. The van der Waals surface area contributed by atoms with Crippen LogP contribution >= 0.6 is 0 Å². The number of pyridine rings is 1. The van der Waals surface area contributed by atoms with Gasteiger partial charge in [0, 0.05) is 23.9 Å². The summed E-state index contributed by atoms with van der Waals surface area (Å²) in [6, 6.07) is 16.4. The first kappa shape index (κ1) is 16.8. The Morgan fingerprint density at radius 1 is 0.792 bits per heavy atom. The van der Waals surface area contributed by atoms with E-state index in [2.05, 4.69) is 47.9 Å². The molecule has 0 amide bonds. The molecular weight excluding hydrogens is 294 g/mol. The summed E-state index contributed by atoms with van der Waals surface area (Å²) in [6.07, 6.45) is 9.19. The number of aryl methyl sites for hydroxylation is 1. The summed E-state index contributed by atoms with van der Waals surface area (Å²) in [5.74, 6) is 0.367. The fourth-order valence-electron chi connectivity index (χ4n) is 3.53. The lowest BCUT2D eigenvalue weighted by Crippen LogP contribution is -2.35. The van der Waals surface area contributed by atoms with Crippen molar-refractivity contribution in [3.63, 3.8) is 0 Å². The molecule has 1 heterocycles. The van der Waals surface area contributed by atoms with Crippen LogP contribution in [-0.2, 0) is 6.54 Å². The maximum atomic E-state index is 10.2. The van der Waals surface area contributed by atoms with E-state index in [0.717, 1.165) is 17.4 Å². The first-order chi connectivity index (χ1) is 11.8. The molecule has 0 fully saturated rings. The molecule has 2 heteroatoms. The summed E-state index contributed by atoms with van der Waals surface area (Å²) in [5, 5.41) is 12.4. The van der Waals surface area contributed by atoms with Gasteiger partial charge in [0.25, 0.3) is 0 Å². The van der Waals surface area contributed by atoms with Crippen LogP contribution in [0, 0.1) is 0 Å². The van der Waals surface area contributed by atoms with Crippen LogP contribution in [0.5, 0.6) is 5.75 Å². The zero-order valence-corrected chi connectivity index (χ0v) is 14.7. The number of aromatic nitrogens is 1. The Labute approximate surface area is 144 Å². The van der Waals surface area contributed by atoms with Gasteiger partial charge in [-0.3, -0.25) is 0 Å². The molecule has 0 spiro atoms. The largest absolute Gasteiger partial charge is 0.507 e. The second-order valence-corrected chi connectivity index (χ2v) is 6.69. The molecule has 3 rings (SSSR count). The van der Waals surface area contributed by atoms with Crippen molar-refractivity contribution in [2.75, 3.05) is 0 Å². The van der Waals surface area contributed by atoms with Gasteiger partial charge in [-0.1, -0.05) is 57.2 Å². The Kier molecular flexibility index (Phi) is 5.68. The number of nitrogens with zero attached hydrogens (tertiary/aromatic N) is 1. The van der Waals surface area contributed by atoms with Gasteiger partial charge in [-0.2, -0.15) is 4.57 Å². The minimum atomic E-state index is 0.367. The molecule has 0 bridgehead atoms. The topological polar surface area (TPSA) is 24.1 Å². The van der Waals surface area contributed by atoms with Crippen molar-refractivity contribution in [1.29, 1.82) is 0 Å². The molecule has 2 aromatic carbocycles. The number of para-hydroxylation sites is 1. The minimum Gasteiger partial charge on any atom is -0.507 e. The zero-order valence-electron chi connectivity index (χ0n) is 14.7. The average molecular weight is 322 g/mol. The van der Waals surface area contributed by atoms with Gasteiger partial charge in [-0.05, 0) is 24.6 Å². The third-order valence-corrected chi connectivity index (χ3v) is 4.86. The number of phenols is 1. The van der Waals surface area contributed by atoms with Crippen molar-refractivity contribution in [1.82, 2.24) is 0 Å². The standard InChI is InChI=1S/C22H27NO/c1-2-3-4-5-6-7-10-16-23-20-13-9-8-12-18(20)17-19-21(23)14-11-15-22(19)24/h8-9,11-15,17H,2-7,10,16H2,1H3/p+1. The van der Waals surface area contributed by atoms with Crippen molar-refractivity contribution in [3.8, 4) is 5.75 Å². The first-order valence-corrected chi connectivity index (χ1v) is 9.34. The Hall–Kier alpha value is -2.09. The van der Waals surface area contributed by atoms with Crippen LogP contribution in [0.3, 0.4) is 0 Å². The molecule has 0 aliphatic carbocycles. The fourth-order valence-corrected chi connectivity index (χ4v) is 3.53. The molecule has 0 unspecified atom stereocenters. The van der Waals surface area contributed by atoms with Crippen molar-refractivity contribution >= 4 is 21.8 Å². The van der Waals surface area contributed by atoms with E-state index in [0.29, 0.717) is 5.75 Å². The number of rotatable bonds is 8. The summed E-state index contributed by atoms with van der Waals surface area (Å²) >= 11 is 0. The van der Waals surface area contributed by atoms with Gasteiger partial charge in [-0.25, -0.2) is 0 Å². The maximum Gasteiger partial charge on any atom is 0.216 e. The van der Waals surface area contributed by atoms with Crippen LogP contribution in [-0.4, -0.2) is 5.11 Å².